The molecular formula is C22H14ClFN4O2S. The number of nitrogens with zero attached hydrogens (tertiary/aromatic N) is 3. The lowest BCUT2D eigenvalue weighted by Gasteiger charge is -2.10. The van der Waals surface area contributed by atoms with Crippen LogP contribution < -0.4 is 10.1 Å². The van der Waals surface area contributed by atoms with Gasteiger partial charge in [-0.15, -0.1) is 11.3 Å². The first kappa shape index (κ1) is 19.5. The largest absolute Gasteiger partial charge is 0.481 e. The van der Waals surface area contributed by atoms with Crippen molar-refractivity contribution in [3.63, 3.8) is 0 Å². The number of fused-ring (bicyclic) bond motifs is 2. The van der Waals surface area contributed by atoms with Crippen molar-refractivity contribution in [3.05, 3.63) is 77.1 Å². The van der Waals surface area contributed by atoms with Gasteiger partial charge in [0.15, 0.2) is 11.6 Å². The van der Waals surface area contributed by atoms with E-state index in [4.69, 9.17) is 16.3 Å². The first-order valence-corrected chi connectivity index (χ1v) is 10.5. The van der Waals surface area contributed by atoms with Gasteiger partial charge in [-0.25, -0.2) is 9.37 Å². The minimum Gasteiger partial charge on any atom is -0.481 e. The number of anilines is 1. The van der Waals surface area contributed by atoms with Crippen molar-refractivity contribution in [1.29, 1.82) is 0 Å². The van der Waals surface area contributed by atoms with E-state index in [1.807, 2.05) is 17.6 Å². The average Bonchev–Trinajstić information content (AvgIpc) is 3.37. The molecule has 2 aromatic carbocycles. The number of thiazole rings is 1. The molecule has 31 heavy (non-hydrogen) atoms. The second-order valence-corrected chi connectivity index (χ2v) is 7.93. The molecule has 0 saturated heterocycles. The van der Waals surface area contributed by atoms with Crippen molar-refractivity contribution in [3.8, 4) is 17.0 Å². The highest BCUT2D eigenvalue weighted by Gasteiger charge is 2.18. The number of aromatic nitrogens is 3. The van der Waals surface area contributed by atoms with Crippen LogP contribution in [-0.4, -0.2) is 26.9 Å². The molecule has 0 atom stereocenters. The lowest BCUT2D eigenvalue weighted by Crippen LogP contribution is -2.21. The number of ether oxygens (including phenoxy) is 1. The standard InChI is InChI=1S/C22H14ClFN4O2S/c23-16-7-8-17(20-15(16)2-1-9-25-20)30-12-18(29)26-21-19(13-3-5-14(24)6-4-13)27-22-28(21)10-11-31-22/h1-11H,12H2,(H,26,29). The topological polar surface area (TPSA) is 68.5 Å². The number of amides is 1. The maximum atomic E-state index is 13.3. The number of carbonyl (C=O) groups excluding carboxylic acids is 1. The number of imidazole rings is 1. The number of benzene rings is 2. The first-order chi connectivity index (χ1) is 15.1. The van der Waals surface area contributed by atoms with Crippen LogP contribution in [-0.2, 0) is 4.79 Å². The molecule has 0 bridgehead atoms. The second-order valence-electron chi connectivity index (χ2n) is 6.65. The molecule has 0 aliphatic heterocycles. The number of hydrogen-bond donors (Lipinski definition) is 1. The smallest absolute Gasteiger partial charge is 0.263 e. The third-order valence-electron chi connectivity index (χ3n) is 4.68. The van der Waals surface area contributed by atoms with Crippen molar-refractivity contribution in [2.24, 2.45) is 0 Å². The number of rotatable bonds is 5. The monoisotopic (exact) mass is 452 g/mol. The molecule has 9 heteroatoms. The van der Waals surface area contributed by atoms with Crippen LogP contribution in [0.3, 0.4) is 0 Å². The van der Waals surface area contributed by atoms with Crippen LogP contribution >= 0.6 is 22.9 Å². The second kappa shape index (κ2) is 7.98. The van der Waals surface area contributed by atoms with Gasteiger partial charge in [0.25, 0.3) is 5.91 Å². The van der Waals surface area contributed by atoms with Crippen molar-refractivity contribution in [2.75, 3.05) is 11.9 Å². The zero-order valence-electron chi connectivity index (χ0n) is 15.9. The van der Waals surface area contributed by atoms with Gasteiger partial charge >= 0.3 is 0 Å². The molecule has 0 aliphatic rings. The number of carbonyl (C=O) groups is 1. The number of pyridine rings is 1. The van der Waals surface area contributed by atoms with Crippen LogP contribution in [0.2, 0.25) is 5.02 Å². The Morgan fingerprint density at radius 1 is 1.19 bits per heavy atom. The molecule has 0 radical (unpaired) electrons. The third kappa shape index (κ3) is 3.71. The van der Waals surface area contributed by atoms with Gasteiger partial charge in [-0.05, 0) is 48.5 Å². The summed E-state index contributed by atoms with van der Waals surface area (Å²) in [7, 11) is 0. The quantitative estimate of drug-likeness (QED) is 0.386. The highest BCUT2D eigenvalue weighted by Crippen LogP contribution is 2.32. The summed E-state index contributed by atoms with van der Waals surface area (Å²) < 4.78 is 20.8. The third-order valence-corrected chi connectivity index (χ3v) is 5.76. The predicted molar refractivity (Wildman–Crippen MR) is 119 cm³/mol. The van der Waals surface area contributed by atoms with Crippen LogP contribution in [0.5, 0.6) is 5.75 Å². The summed E-state index contributed by atoms with van der Waals surface area (Å²) in [6, 6.07) is 13.0. The van der Waals surface area contributed by atoms with E-state index in [0.29, 0.717) is 38.3 Å². The Kier molecular flexibility index (Phi) is 5.01. The van der Waals surface area contributed by atoms with Crippen molar-refractivity contribution in [2.45, 2.75) is 0 Å². The van der Waals surface area contributed by atoms with Gasteiger partial charge in [-0.1, -0.05) is 11.6 Å². The molecule has 1 amide bonds. The van der Waals surface area contributed by atoms with Gasteiger partial charge in [-0.2, -0.15) is 0 Å². The lowest BCUT2D eigenvalue weighted by atomic mass is 10.1. The molecule has 0 fully saturated rings. The van der Waals surface area contributed by atoms with E-state index < -0.39 is 0 Å². The Morgan fingerprint density at radius 3 is 2.87 bits per heavy atom. The number of nitrogens with one attached hydrogen (secondary N) is 1. The SMILES string of the molecule is O=C(COc1ccc(Cl)c2cccnc12)Nc1c(-c2ccc(F)cc2)nc2sccn12. The Hall–Kier alpha value is -3.49. The highest BCUT2D eigenvalue weighted by atomic mass is 35.5. The molecule has 154 valence electrons. The van der Waals surface area contributed by atoms with Gasteiger partial charge in [0.2, 0.25) is 0 Å². The van der Waals surface area contributed by atoms with Gasteiger partial charge in [-0.3, -0.25) is 14.2 Å². The molecule has 3 heterocycles. The summed E-state index contributed by atoms with van der Waals surface area (Å²) in [5.41, 5.74) is 1.83. The van der Waals surface area contributed by atoms with E-state index in [9.17, 15) is 9.18 Å². The molecule has 5 rings (SSSR count). The van der Waals surface area contributed by atoms with E-state index in [1.165, 1.54) is 23.5 Å². The van der Waals surface area contributed by atoms with Crippen molar-refractivity contribution in [1.82, 2.24) is 14.4 Å². The fourth-order valence-corrected chi connectivity index (χ4v) is 4.18. The summed E-state index contributed by atoms with van der Waals surface area (Å²) in [6.45, 7) is -0.229. The normalized spacial score (nSPS) is 11.2. The van der Waals surface area contributed by atoms with Crippen LogP contribution in [0.1, 0.15) is 0 Å². The minimum absolute atomic E-state index is 0.229. The van der Waals surface area contributed by atoms with Crippen LogP contribution in [0, 0.1) is 5.82 Å². The Labute approximate surface area is 184 Å². The van der Waals surface area contributed by atoms with E-state index in [2.05, 4.69) is 15.3 Å². The average molecular weight is 453 g/mol. The molecule has 0 spiro atoms. The Bertz CT molecular complexity index is 1410. The fourth-order valence-electron chi connectivity index (χ4n) is 3.25. The lowest BCUT2D eigenvalue weighted by molar-refractivity contribution is -0.118. The van der Waals surface area contributed by atoms with Crippen molar-refractivity contribution < 1.29 is 13.9 Å². The Morgan fingerprint density at radius 2 is 2.03 bits per heavy atom. The minimum atomic E-state index is -0.365. The van der Waals surface area contributed by atoms with E-state index in [-0.39, 0.29) is 18.3 Å². The molecule has 6 nitrogen and oxygen atoms in total. The molecule has 1 N–H and O–H groups in total. The van der Waals surface area contributed by atoms with Gasteiger partial charge < -0.3 is 10.1 Å². The summed E-state index contributed by atoms with van der Waals surface area (Å²) in [4.78, 5) is 22.3. The summed E-state index contributed by atoms with van der Waals surface area (Å²) >= 11 is 7.64. The van der Waals surface area contributed by atoms with Gasteiger partial charge in [0.05, 0.1) is 5.02 Å². The summed E-state index contributed by atoms with van der Waals surface area (Å²) in [5.74, 6) is 0.251. The Balaban J connectivity index is 1.40. The predicted octanol–water partition coefficient (Wildman–Crippen LogP) is 5.42. The molecule has 0 saturated carbocycles. The summed E-state index contributed by atoms with van der Waals surface area (Å²) in [5, 5.41) is 6.04. The van der Waals surface area contributed by atoms with Crippen LogP contribution in [0.15, 0.2) is 66.3 Å². The van der Waals surface area contributed by atoms with Gasteiger partial charge in [0, 0.05) is 28.7 Å². The highest BCUT2D eigenvalue weighted by molar-refractivity contribution is 7.15. The van der Waals surface area contributed by atoms with Crippen LogP contribution in [0.25, 0.3) is 27.1 Å². The molecule has 0 aliphatic carbocycles. The fraction of sp³-hybridized carbons (Fsp3) is 0.0455. The van der Waals surface area contributed by atoms with E-state index in [0.717, 1.165) is 5.39 Å². The van der Waals surface area contributed by atoms with E-state index in [1.54, 1.807) is 40.9 Å². The number of hydrogen-bond acceptors (Lipinski definition) is 5. The molecule has 3 aromatic heterocycles. The molecule has 5 aromatic rings. The molecular weight excluding hydrogens is 439 g/mol. The van der Waals surface area contributed by atoms with Gasteiger partial charge in [0.1, 0.15) is 28.6 Å². The van der Waals surface area contributed by atoms with E-state index >= 15 is 0 Å². The molecule has 0 unspecified atom stereocenters. The number of halogens is 2. The zero-order valence-corrected chi connectivity index (χ0v) is 17.5. The zero-order chi connectivity index (χ0) is 21.4. The summed E-state index contributed by atoms with van der Waals surface area (Å²) in [6.07, 6.45) is 3.45. The maximum Gasteiger partial charge on any atom is 0.263 e. The van der Waals surface area contributed by atoms with Crippen LogP contribution in [0.4, 0.5) is 10.2 Å². The maximum absolute atomic E-state index is 13.3. The van der Waals surface area contributed by atoms with Crippen molar-refractivity contribution >= 4 is 50.5 Å². The first-order valence-electron chi connectivity index (χ1n) is 9.27.